The summed E-state index contributed by atoms with van der Waals surface area (Å²) in [6.45, 7) is 1.33. The van der Waals surface area contributed by atoms with Gasteiger partial charge < -0.3 is 15.4 Å². The third-order valence-corrected chi connectivity index (χ3v) is 3.32. The molecule has 2 rings (SSSR count). The fraction of sp³-hybridized carbons (Fsp3) is 0.176. The van der Waals surface area contributed by atoms with Crippen LogP contribution in [0.5, 0.6) is 5.75 Å². The quantitative estimate of drug-likeness (QED) is 0.813. The number of rotatable bonds is 5. The van der Waals surface area contributed by atoms with Crippen LogP contribution in [-0.2, 0) is 4.79 Å². The summed E-state index contributed by atoms with van der Waals surface area (Å²) in [5.41, 5.74) is 0.588. The number of hydrogen-bond donors (Lipinski definition) is 2. The number of carbonyl (C=O) groups excluding carboxylic acids is 2. The maximum atomic E-state index is 13.5. The average Bonchev–Trinajstić information content (AvgIpc) is 2.58. The highest BCUT2D eigenvalue weighted by Gasteiger charge is 2.19. The SMILES string of the molecule is COc1ccc(C)cc1NC(=O)CNC(=O)c1ccc(F)c(F)c1F. The van der Waals surface area contributed by atoms with Crippen molar-refractivity contribution in [3.8, 4) is 5.75 Å². The summed E-state index contributed by atoms with van der Waals surface area (Å²) in [5, 5.41) is 4.68. The molecule has 0 aliphatic carbocycles. The third-order valence-electron chi connectivity index (χ3n) is 3.32. The van der Waals surface area contributed by atoms with Crippen LogP contribution in [0.4, 0.5) is 18.9 Å². The first-order valence-electron chi connectivity index (χ1n) is 7.19. The summed E-state index contributed by atoms with van der Waals surface area (Å²) in [5.74, 6) is -5.97. The average molecular weight is 352 g/mol. The lowest BCUT2D eigenvalue weighted by Gasteiger charge is -2.11. The van der Waals surface area contributed by atoms with Gasteiger partial charge >= 0.3 is 0 Å². The Bertz CT molecular complexity index is 825. The summed E-state index contributed by atoms with van der Waals surface area (Å²) < 4.78 is 44.6. The molecule has 2 amide bonds. The molecule has 0 radical (unpaired) electrons. The van der Waals surface area contributed by atoms with Crippen molar-refractivity contribution in [2.75, 3.05) is 19.0 Å². The Labute approximate surface area is 141 Å². The van der Waals surface area contributed by atoms with Gasteiger partial charge in [-0.2, -0.15) is 0 Å². The molecular formula is C17H15F3N2O3. The summed E-state index contributed by atoms with van der Waals surface area (Å²) >= 11 is 0. The first-order valence-corrected chi connectivity index (χ1v) is 7.19. The van der Waals surface area contributed by atoms with Crippen molar-refractivity contribution in [1.29, 1.82) is 0 Å². The third kappa shape index (κ3) is 4.28. The Balaban J connectivity index is 2.02. The van der Waals surface area contributed by atoms with Crippen molar-refractivity contribution in [2.45, 2.75) is 6.92 Å². The van der Waals surface area contributed by atoms with Crippen molar-refractivity contribution in [3.63, 3.8) is 0 Å². The molecule has 2 aromatic carbocycles. The van der Waals surface area contributed by atoms with Crippen molar-refractivity contribution in [2.24, 2.45) is 0 Å². The second-order valence-corrected chi connectivity index (χ2v) is 5.16. The molecule has 0 saturated heterocycles. The van der Waals surface area contributed by atoms with E-state index in [0.717, 1.165) is 11.6 Å². The number of anilines is 1. The molecule has 0 atom stereocenters. The van der Waals surface area contributed by atoms with E-state index in [4.69, 9.17) is 4.74 Å². The van der Waals surface area contributed by atoms with Crippen LogP contribution in [-0.4, -0.2) is 25.5 Å². The fourth-order valence-electron chi connectivity index (χ4n) is 2.07. The van der Waals surface area contributed by atoms with E-state index >= 15 is 0 Å². The van der Waals surface area contributed by atoms with Crippen molar-refractivity contribution < 1.29 is 27.5 Å². The topological polar surface area (TPSA) is 67.4 Å². The zero-order chi connectivity index (χ0) is 18.6. The lowest BCUT2D eigenvalue weighted by molar-refractivity contribution is -0.115. The molecule has 0 fully saturated rings. The number of amides is 2. The largest absolute Gasteiger partial charge is 0.495 e. The summed E-state index contributed by atoms with van der Waals surface area (Å²) in [6.07, 6.45) is 0. The lowest BCUT2D eigenvalue weighted by Crippen LogP contribution is -2.33. The maximum absolute atomic E-state index is 13.5. The molecule has 0 aliphatic heterocycles. The molecule has 0 heterocycles. The zero-order valence-electron chi connectivity index (χ0n) is 13.5. The summed E-state index contributed by atoms with van der Waals surface area (Å²) in [4.78, 5) is 23.7. The van der Waals surface area contributed by atoms with Crippen molar-refractivity contribution in [1.82, 2.24) is 5.32 Å². The Hall–Kier alpha value is -3.03. The van der Waals surface area contributed by atoms with Crippen LogP contribution < -0.4 is 15.4 Å². The molecule has 8 heteroatoms. The minimum absolute atomic E-state index is 0.403. The summed E-state index contributed by atoms with van der Waals surface area (Å²) in [6, 6.07) is 6.56. The van der Waals surface area contributed by atoms with E-state index in [-0.39, 0.29) is 0 Å². The van der Waals surface area contributed by atoms with Gasteiger partial charge in [-0.3, -0.25) is 9.59 Å². The van der Waals surface area contributed by atoms with E-state index < -0.39 is 41.4 Å². The molecule has 0 aliphatic rings. The number of aryl methyl sites for hydroxylation is 1. The molecule has 132 valence electrons. The number of benzene rings is 2. The van der Waals surface area contributed by atoms with Gasteiger partial charge in [-0.1, -0.05) is 6.07 Å². The monoisotopic (exact) mass is 352 g/mol. The Morgan fingerprint density at radius 3 is 2.48 bits per heavy atom. The van der Waals surface area contributed by atoms with Crippen molar-refractivity contribution >= 4 is 17.5 Å². The Morgan fingerprint density at radius 2 is 1.80 bits per heavy atom. The van der Waals surface area contributed by atoms with Gasteiger partial charge in [0.2, 0.25) is 5.91 Å². The van der Waals surface area contributed by atoms with E-state index in [2.05, 4.69) is 10.6 Å². The van der Waals surface area contributed by atoms with E-state index in [0.29, 0.717) is 17.5 Å². The molecule has 2 N–H and O–H groups in total. The Kier molecular flexibility index (Phi) is 5.63. The van der Waals surface area contributed by atoms with Gasteiger partial charge in [-0.15, -0.1) is 0 Å². The molecule has 25 heavy (non-hydrogen) atoms. The molecule has 0 unspecified atom stereocenters. The highest BCUT2D eigenvalue weighted by molar-refractivity contribution is 6.00. The maximum Gasteiger partial charge on any atom is 0.254 e. The fourth-order valence-corrected chi connectivity index (χ4v) is 2.07. The highest BCUT2D eigenvalue weighted by Crippen LogP contribution is 2.25. The summed E-state index contributed by atoms with van der Waals surface area (Å²) in [7, 11) is 1.44. The van der Waals surface area contributed by atoms with Crippen LogP contribution in [0.15, 0.2) is 30.3 Å². The highest BCUT2D eigenvalue weighted by atomic mass is 19.2. The zero-order valence-corrected chi connectivity index (χ0v) is 13.5. The molecule has 0 spiro atoms. The normalized spacial score (nSPS) is 10.3. The number of ether oxygens (including phenoxy) is 1. The number of methoxy groups -OCH3 is 1. The minimum Gasteiger partial charge on any atom is -0.495 e. The van der Waals surface area contributed by atoms with Crippen LogP contribution in [0.1, 0.15) is 15.9 Å². The molecular weight excluding hydrogens is 337 g/mol. The molecule has 2 aromatic rings. The van der Waals surface area contributed by atoms with Crippen LogP contribution >= 0.6 is 0 Å². The van der Waals surface area contributed by atoms with Gasteiger partial charge in [0.25, 0.3) is 5.91 Å². The van der Waals surface area contributed by atoms with Gasteiger partial charge in [0.1, 0.15) is 5.75 Å². The number of hydrogen-bond acceptors (Lipinski definition) is 3. The predicted molar refractivity (Wildman–Crippen MR) is 85.0 cm³/mol. The van der Waals surface area contributed by atoms with E-state index in [1.54, 1.807) is 18.2 Å². The van der Waals surface area contributed by atoms with Crippen LogP contribution in [0.3, 0.4) is 0 Å². The molecule has 0 aromatic heterocycles. The smallest absolute Gasteiger partial charge is 0.254 e. The van der Waals surface area contributed by atoms with Gasteiger partial charge in [-0.25, -0.2) is 13.2 Å². The van der Waals surface area contributed by atoms with Gasteiger partial charge in [0.05, 0.1) is 24.9 Å². The predicted octanol–water partition coefficient (Wildman–Crippen LogP) is 2.79. The van der Waals surface area contributed by atoms with Crippen molar-refractivity contribution in [3.05, 3.63) is 58.9 Å². The van der Waals surface area contributed by atoms with Crippen LogP contribution in [0, 0.1) is 24.4 Å². The number of carbonyl (C=O) groups is 2. The van der Waals surface area contributed by atoms with Gasteiger partial charge in [-0.05, 0) is 36.8 Å². The number of halogens is 3. The van der Waals surface area contributed by atoms with E-state index in [1.165, 1.54) is 7.11 Å². The minimum atomic E-state index is -1.75. The van der Waals surface area contributed by atoms with Crippen LogP contribution in [0.25, 0.3) is 0 Å². The first-order chi connectivity index (χ1) is 11.8. The first kappa shape index (κ1) is 18.3. The Morgan fingerprint density at radius 1 is 1.08 bits per heavy atom. The second kappa shape index (κ2) is 7.69. The molecule has 0 bridgehead atoms. The standard InChI is InChI=1S/C17H15F3N2O3/c1-9-3-6-13(25-2)12(7-9)22-14(23)8-21-17(24)10-4-5-11(18)16(20)15(10)19/h3-7H,8H2,1-2H3,(H,21,24)(H,22,23). The van der Waals surface area contributed by atoms with E-state index in [1.807, 2.05) is 6.92 Å². The van der Waals surface area contributed by atoms with Gasteiger partial charge in [0, 0.05) is 0 Å². The van der Waals surface area contributed by atoms with Crippen LogP contribution in [0.2, 0.25) is 0 Å². The lowest BCUT2D eigenvalue weighted by atomic mass is 10.2. The second-order valence-electron chi connectivity index (χ2n) is 5.16. The van der Waals surface area contributed by atoms with E-state index in [9.17, 15) is 22.8 Å². The van der Waals surface area contributed by atoms with Gasteiger partial charge in [0.15, 0.2) is 17.5 Å². The number of nitrogens with one attached hydrogen (secondary N) is 2. The molecule has 0 saturated carbocycles. The molecule has 5 nitrogen and oxygen atoms in total.